The van der Waals surface area contributed by atoms with Gasteiger partial charge in [-0.05, 0) is 34.5 Å². The normalized spacial score (nSPS) is 11.0. The summed E-state index contributed by atoms with van der Waals surface area (Å²) in [6, 6.07) is 16.7. The molecule has 0 bridgehead atoms. The van der Waals surface area contributed by atoms with E-state index in [9.17, 15) is 9.90 Å². The molecule has 4 heteroatoms. The van der Waals surface area contributed by atoms with E-state index in [1.165, 1.54) is 20.3 Å². The van der Waals surface area contributed by atoms with Gasteiger partial charge in [-0.2, -0.15) is 0 Å². The maximum Gasteiger partial charge on any atom is 0.200 e. The van der Waals surface area contributed by atoms with Crippen LogP contribution >= 0.6 is 0 Å². The first-order chi connectivity index (χ1) is 12.1. The first-order valence-electron chi connectivity index (χ1n) is 7.79. The molecule has 0 aliphatic heterocycles. The summed E-state index contributed by atoms with van der Waals surface area (Å²) in [5, 5.41) is 11.9. The minimum Gasteiger partial charge on any atom is -0.502 e. The molecule has 0 heterocycles. The molecule has 3 rings (SSSR count). The van der Waals surface area contributed by atoms with Gasteiger partial charge in [0.1, 0.15) is 0 Å². The standard InChI is InChI=1S/C21H18O4/c1-24-19-12-14(13-20(25-2)21(19)23)10-11-18(22)17-9-5-7-15-6-3-4-8-16(15)17/h3-13,23H,1-2H3/b11-10+. The van der Waals surface area contributed by atoms with Crippen molar-refractivity contribution in [1.82, 2.24) is 0 Å². The Morgan fingerprint density at radius 1 is 0.960 bits per heavy atom. The second-order valence-electron chi connectivity index (χ2n) is 5.50. The highest BCUT2D eigenvalue weighted by atomic mass is 16.5. The average molecular weight is 334 g/mol. The Kier molecular flexibility index (Phi) is 4.70. The maximum atomic E-state index is 12.6. The number of phenols is 1. The molecular weight excluding hydrogens is 316 g/mol. The number of ether oxygens (including phenoxy) is 2. The summed E-state index contributed by atoms with van der Waals surface area (Å²) >= 11 is 0. The summed E-state index contributed by atoms with van der Waals surface area (Å²) in [6.45, 7) is 0. The molecule has 1 N–H and O–H groups in total. The fraction of sp³-hybridized carbons (Fsp3) is 0.0952. The topological polar surface area (TPSA) is 55.8 Å². The third kappa shape index (κ3) is 3.33. The fourth-order valence-electron chi connectivity index (χ4n) is 2.71. The van der Waals surface area contributed by atoms with Crippen LogP contribution in [0.1, 0.15) is 15.9 Å². The molecule has 0 saturated carbocycles. The molecule has 4 nitrogen and oxygen atoms in total. The Morgan fingerprint density at radius 3 is 2.28 bits per heavy atom. The van der Waals surface area contributed by atoms with Crippen molar-refractivity contribution in [1.29, 1.82) is 0 Å². The van der Waals surface area contributed by atoms with Crippen LogP contribution in [0.5, 0.6) is 17.2 Å². The van der Waals surface area contributed by atoms with Gasteiger partial charge in [-0.15, -0.1) is 0 Å². The molecule has 3 aromatic rings. The first-order valence-corrected chi connectivity index (χ1v) is 7.79. The highest BCUT2D eigenvalue weighted by molar-refractivity contribution is 6.14. The van der Waals surface area contributed by atoms with Gasteiger partial charge < -0.3 is 14.6 Å². The number of carbonyl (C=O) groups excluding carboxylic acids is 1. The monoisotopic (exact) mass is 334 g/mol. The zero-order chi connectivity index (χ0) is 17.8. The summed E-state index contributed by atoms with van der Waals surface area (Å²) < 4.78 is 10.3. The van der Waals surface area contributed by atoms with E-state index in [1.54, 1.807) is 18.2 Å². The van der Waals surface area contributed by atoms with Gasteiger partial charge in [0, 0.05) is 5.56 Å². The molecule has 0 saturated heterocycles. The largest absolute Gasteiger partial charge is 0.502 e. The van der Waals surface area contributed by atoms with E-state index >= 15 is 0 Å². The van der Waals surface area contributed by atoms with Crippen molar-refractivity contribution in [3.05, 3.63) is 71.8 Å². The van der Waals surface area contributed by atoms with Crippen LogP contribution in [-0.2, 0) is 0 Å². The van der Waals surface area contributed by atoms with Gasteiger partial charge in [0.25, 0.3) is 0 Å². The van der Waals surface area contributed by atoms with Crippen LogP contribution in [0.4, 0.5) is 0 Å². The van der Waals surface area contributed by atoms with Gasteiger partial charge in [0.15, 0.2) is 17.3 Å². The number of hydrogen-bond donors (Lipinski definition) is 1. The fourth-order valence-corrected chi connectivity index (χ4v) is 2.71. The molecule has 0 unspecified atom stereocenters. The molecule has 126 valence electrons. The van der Waals surface area contributed by atoms with Crippen LogP contribution in [0.25, 0.3) is 16.8 Å². The van der Waals surface area contributed by atoms with Crippen molar-refractivity contribution in [3.8, 4) is 17.2 Å². The third-order valence-electron chi connectivity index (χ3n) is 3.98. The molecule has 3 aromatic carbocycles. The van der Waals surface area contributed by atoms with E-state index in [0.29, 0.717) is 11.1 Å². The number of rotatable bonds is 5. The lowest BCUT2D eigenvalue weighted by Crippen LogP contribution is -1.95. The molecule has 0 aliphatic carbocycles. The Balaban J connectivity index is 1.95. The average Bonchev–Trinajstić information content (AvgIpc) is 2.66. The van der Waals surface area contributed by atoms with Crippen LogP contribution in [-0.4, -0.2) is 25.1 Å². The number of benzene rings is 3. The lowest BCUT2D eigenvalue weighted by molar-refractivity contribution is 0.104. The molecule has 25 heavy (non-hydrogen) atoms. The number of aromatic hydroxyl groups is 1. The number of fused-ring (bicyclic) bond motifs is 1. The Hall–Kier alpha value is -3.27. The Bertz CT molecular complexity index is 927. The van der Waals surface area contributed by atoms with Gasteiger partial charge in [-0.3, -0.25) is 4.79 Å². The van der Waals surface area contributed by atoms with E-state index in [-0.39, 0.29) is 23.0 Å². The molecule has 0 spiro atoms. The summed E-state index contributed by atoms with van der Waals surface area (Å²) in [5.41, 5.74) is 1.34. The Labute approximate surface area is 145 Å². The number of phenolic OH excluding ortho intramolecular Hbond substituents is 1. The quantitative estimate of drug-likeness (QED) is 0.553. The molecule has 0 fully saturated rings. The number of hydrogen-bond acceptors (Lipinski definition) is 4. The van der Waals surface area contributed by atoms with Gasteiger partial charge >= 0.3 is 0 Å². The van der Waals surface area contributed by atoms with Crippen LogP contribution in [0.15, 0.2) is 60.7 Å². The molecular formula is C21H18O4. The van der Waals surface area contributed by atoms with E-state index in [1.807, 2.05) is 42.5 Å². The second kappa shape index (κ2) is 7.09. The Morgan fingerprint density at radius 2 is 1.60 bits per heavy atom. The van der Waals surface area contributed by atoms with Gasteiger partial charge in [0.2, 0.25) is 5.75 Å². The van der Waals surface area contributed by atoms with E-state index in [2.05, 4.69) is 0 Å². The van der Waals surface area contributed by atoms with Crippen LogP contribution in [0.3, 0.4) is 0 Å². The lowest BCUT2D eigenvalue weighted by Gasteiger charge is -2.09. The van der Waals surface area contributed by atoms with Gasteiger partial charge in [-0.25, -0.2) is 0 Å². The highest BCUT2D eigenvalue weighted by Crippen LogP contribution is 2.37. The smallest absolute Gasteiger partial charge is 0.200 e. The van der Waals surface area contributed by atoms with E-state index in [4.69, 9.17) is 9.47 Å². The molecule has 0 atom stereocenters. The summed E-state index contributed by atoms with van der Waals surface area (Å²) in [7, 11) is 2.92. The summed E-state index contributed by atoms with van der Waals surface area (Å²) in [4.78, 5) is 12.6. The minimum atomic E-state index is -0.0946. The van der Waals surface area contributed by atoms with Gasteiger partial charge in [-0.1, -0.05) is 48.5 Å². The highest BCUT2D eigenvalue weighted by Gasteiger charge is 2.11. The maximum absolute atomic E-state index is 12.6. The van der Waals surface area contributed by atoms with Gasteiger partial charge in [0.05, 0.1) is 14.2 Å². The van der Waals surface area contributed by atoms with Crippen molar-refractivity contribution < 1.29 is 19.4 Å². The van der Waals surface area contributed by atoms with Crippen LogP contribution in [0, 0.1) is 0 Å². The predicted octanol–water partition coefficient (Wildman–Crippen LogP) is 4.46. The lowest BCUT2D eigenvalue weighted by atomic mass is 10.0. The summed E-state index contributed by atoms with van der Waals surface area (Å²) in [5.74, 6) is 0.415. The number of carbonyl (C=O) groups is 1. The first kappa shape index (κ1) is 16.6. The van der Waals surface area contributed by atoms with Crippen molar-refractivity contribution in [2.24, 2.45) is 0 Å². The number of allylic oxidation sites excluding steroid dienone is 1. The SMILES string of the molecule is COc1cc(/C=C/C(=O)c2cccc3ccccc23)cc(OC)c1O. The van der Waals surface area contributed by atoms with Crippen molar-refractivity contribution in [2.75, 3.05) is 14.2 Å². The second-order valence-corrected chi connectivity index (χ2v) is 5.50. The molecule has 0 radical (unpaired) electrons. The summed E-state index contributed by atoms with van der Waals surface area (Å²) in [6.07, 6.45) is 3.18. The molecule has 0 aliphatic rings. The van der Waals surface area contributed by atoms with E-state index < -0.39 is 0 Å². The number of methoxy groups -OCH3 is 2. The van der Waals surface area contributed by atoms with Crippen molar-refractivity contribution in [2.45, 2.75) is 0 Å². The minimum absolute atomic E-state index is 0.0671. The van der Waals surface area contributed by atoms with E-state index in [0.717, 1.165) is 10.8 Å². The van der Waals surface area contributed by atoms with Crippen LogP contribution < -0.4 is 9.47 Å². The predicted molar refractivity (Wildman–Crippen MR) is 98.5 cm³/mol. The third-order valence-corrected chi connectivity index (χ3v) is 3.98. The van der Waals surface area contributed by atoms with Crippen molar-refractivity contribution in [3.63, 3.8) is 0 Å². The van der Waals surface area contributed by atoms with Crippen LogP contribution in [0.2, 0.25) is 0 Å². The zero-order valence-electron chi connectivity index (χ0n) is 14.0. The van der Waals surface area contributed by atoms with Crippen molar-refractivity contribution >= 4 is 22.6 Å². The molecule has 0 aromatic heterocycles. The number of ketones is 1. The molecule has 0 amide bonds. The zero-order valence-corrected chi connectivity index (χ0v) is 14.0.